The lowest BCUT2D eigenvalue weighted by Crippen LogP contribution is -2.20. The summed E-state index contributed by atoms with van der Waals surface area (Å²) in [5.74, 6) is -0.800. The highest BCUT2D eigenvalue weighted by Gasteiger charge is 2.30. The van der Waals surface area contributed by atoms with Crippen molar-refractivity contribution in [2.45, 2.75) is 12.9 Å². The lowest BCUT2D eigenvalue weighted by atomic mass is 10.3. The normalized spacial score (nSPS) is 11.3. The molecule has 26 heavy (non-hydrogen) atoms. The van der Waals surface area contributed by atoms with E-state index >= 15 is 0 Å². The van der Waals surface area contributed by atoms with Gasteiger partial charge in [0.25, 0.3) is 0 Å². The maximum Gasteiger partial charge on any atom is 0.573 e. The number of amides is 1. The van der Waals surface area contributed by atoms with Gasteiger partial charge in [-0.15, -0.1) is 13.2 Å². The molecule has 0 spiro atoms. The fourth-order valence-corrected chi connectivity index (χ4v) is 2.39. The Morgan fingerprint density at radius 1 is 1.19 bits per heavy atom. The summed E-state index contributed by atoms with van der Waals surface area (Å²) in [6.07, 6.45) is 0.248. The van der Waals surface area contributed by atoms with Gasteiger partial charge >= 0.3 is 6.36 Å². The second-order valence-electron chi connectivity index (χ2n) is 5.10. The van der Waals surface area contributed by atoms with Crippen LogP contribution in [-0.4, -0.2) is 31.4 Å². The molecule has 1 amide bonds. The molecular formula is C15H12F3N5O2S. The van der Waals surface area contributed by atoms with Gasteiger partial charge < -0.3 is 10.1 Å². The monoisotopic (exact) mass is 383 g/mol. The smallest absolute Gasteiger partial charge is 0.406 e. The zero-order valence-electron chi connectivity index (χ0n) is 13.1. The van der Waals surface area contributed by atoms with Gasteiger partial charge in [0.1, 0.15) is 18.6 Å². The van der Waals surface area contributed by atoms with Crippen molar-refractivity contribution in [1.29, 1.82) is 0 Å². The number of rotatable bonds is 5. The molecule has 1 N–H and O–H groups in total. The van der Waals surface area contributed by atoms with Crippen LogP contribution in [0.1, 0.15) is 0 Å². The molecule has 0 aliphatic heterocycles. The number of carbonyl (C=O) groups excluding carboxylic acids is 1. The van der Waals surface area contributed by atoms with Crippen LogP contribution in [0.4, 0.5) is 18.9 Å². The molecule has 2 heterocycles. The third-order valence-electron chi connectivity index (χ3n) is 3.22. The Labute approximate surface area is 150 Å². The van der Waals surface area contributed by atoms with Crippen LogP contribution in [0.15, 0.2) is 55.1 Å². The molecule has 0 bridgehead atoms. The van der Waals surface area contributed by atoms with Crippen LogP contribution in [0, 0.1) is 4.77 Å². The predicted octanol–water partition coefficient (Wildman–Crippen LogP) is 3.06. The van der Waals surface area contributed by atoms with E-state index in [1.54, 1.807) is 21.7 Å². The van der Waals surface area contributed by atoms with E-state index in [4.69, 9.17) is 12.2 Å². The highest BCUT2D eigenvalue weighted by Crippen LogP contribution is 2.23. The van der Waals surface area contributed by atoms with Gasteiger partial charge in [0.2, 0.25) is 10.7 Å². The largest absolute Gasteiger partial charge is 0.573 e. The number of nitrogens with one attached hydrogen (secondary N) is 1. The average Bonchev–Trinajstić information content (AvgIpc) is 3.19. The van der Waals surface area contributed by atoms with Crippen molar-refractivity contribution in [2.75, 3.05) is 5.32 Å². The van der Waals surface area contributed by atoms with E-state index in [0.717, 1.165) is 12.1 Å². The van der Waals surface area contributed by atoms with E-state index in [2.05, 4.69) is 15.2 Å². The minimum atomic E-state index is -4.76. The highest BCUT2D eigenvalue weighted by atomic mass is 32.1. The van der Waals surface area contributed by atoms with Crippen LogP contribution >= 0.6 is 12.2 Å². The van der Waals surface area contributed by atoms with Gasteiger partial charge in [-0.05, 0) is 48.6 Å². The number of ether oxygens (including phenoxy) is 1. The Hall–Kier alpha value is -3.08. The Bertz CT molecular complexity index is 945. The summed E-state index contributed by atoms with van der Waals surface area (Å²) in [4.78, 5) is 12.1. The predicted molar refractivity (Wildman–Crippen MR) is 88.0 cm³/mol. The van der Waals surface area contributed by atoms with Crippen molar-refractivity contribution in [3.05, 3.63) is 59.9 Å². The number of hydrogen-bond acceptors (Lipinski definition) is 4. The summed E-state index contributed by atoms with van der Waals surface area (Å²) >= 11 is 5.26. The van der Waals surface area contributed by atoms with Crippen molar-refractivity contribution >= 4 is 23.8 Å². The van der Waals surface area contributed by atoms with Crippen molar-refractivity contribution in [1.82, 2.24) is 19.1 Å². The molecule has 7 nitrogen and oxygen atoms in total. The van der Waals surface area contributed by atoms with Crippen molar-refractivity contribution < 1.29 is 22.7 Å². The fourth-order valence-electron chi connectivity index (χ4n) is 2.14. The Morgan fingerprint density at radius 2 is 1.85 bits per heavy atom. The number of nitrogens with zero attached hydrogens (tertiary/aromatic N) is 4. The molecule has 0 saturated heterocycles. The van der Waals surface area contributed by atoms with E-state index in [0.29, 0.717) is 10.5 Å². The van der Waals surface area contributed by atoms with Crippen LogP contribution in [0.2, 0.25) is 0 Å². The first-order valence-electron chi connectivity index (χ1n) is 7.25. The van der Waals surface area contributed by atoms with E-state index < -0.39 is 12.3 Å². The first-order valence-corrected chi connectivity index (χ1v) is 7.66. The molecule has 3 aromatic rings. The Morgan fingerprint density at radius 3 is 2.46 bits per heavy atom. The minimum Gasteiger partial charge on any atom is -0.406 e. The second kappa shape index (κ2) is 7.04. The van der Waals surface area contributed by atoms with Crippen molar-refractivity contribution in [3.8, 4) is 5.75 Å². The van der Waals surface area contributed by atoms with Crippen LogP contribution in [0.25, 0.3) is 0 Å². The van der Waals surface area contributed by atoms with Crippen LogP contribution in [-0.2, 0) is 11.3 Å². The van der Waals surface area contributed by atoms with Crippen molar-refractivity contribution in [2.24, 2.45) is 0 Å². The Kier molecular flexibility index (Phi) is 4.80. The molecule has 0 saturated carbocycles. The van der Waals surface area contributed by atoms with Gasteiger partial charge in [-0.1, -0.05) is 0 Å². The molecule has 0 aliphatic carbocycles. The van der Waals surface area contributed by atoms with Crippen LogP contribution in [0.5, 0.6) is 5.75 Å². The summed E-state index contributed by atoms with van der Waals surface area (Å²) in [7, 11) is 0. The fraction of sp³-hybridized carbons (Fsp3) is 0.133. The SMILES string of the molecule is O=C(Cn1ncn(-n2cccc2)c1=S)Nc1ccc(OC(F)(F)F)cc1. The summed E-state index contributed by atoms with van der Waals surface area (Å²) in [5.41, 5.74) is 0.320. The van der Waals surface area contributed by atoms with Gasteiger partial charge in [0.05, 0.1) is 0 Å². The summed E-state index contributed by atoms with van der Waals surface area (Å²) in [6, 6.07) is 8.45. The van der Waals surface area contributed by atoms with E-state index in [9.17, 15) is 18.0 Å². The third-order valence-corrected chi connectivity index (χ3v) is 3.62. The first kappa shape index (κ1) is 17.7. The summed E-state index contributed by atoms with van der Waals surface area (Å²) in [6.45, 7) is -0.145. The van der Waals surface area contributed by atoms with Crippen LogP contribution < -0.4 is 10.1 Å². The summed E-state index contributed by atoms with van der Waals surface area (Å²) in [5, 5.41) is 6.61. The molecule has 136 valence electrons. The standard InChI is InChI=1S/C15H12F3N5O2S/c16-15(17,18)25-12-5-3-11(4-6-12)20-13(24)9-22-14(26)23(10-19-22)21-7-1-2-8-21/h1-8,10H,9H2,(H,20,24). The lowest BCUT2D eigenvalue weighted by molar-refractivity contribution is -0.274. The van der Waals surface area contributed by atoms with Gasteiger partial charge in [0.15, 0.2) is 0 Å². The van der Waals surface area contributed by atoms with Gasteiger partial charge in [-0.2, -0.15) is 5.10 Å². The Balaban J connectivity index is 1.64. The first-order chi connectivity index (χ1) is 12.3. The van der Waals surface area contributed by atoms with Gasteiger partial charge in [-0.25, -0.2) is 9.36 Å². The number of carbonyl (C=O) groups is 1. The number of aromatic nitrogens is 4. The average molecular weight is 383 g/mol. The van der Waals surface area contributed by atoms with E-state index in [1.165, 1.54) is 23.1 Å². The maximum atomic E-state index is 12.1. The molecule has 3 rings (SSSR count). The maximum absolute atomic E-state index is 12.1. The zero-order chi connectivity index (χ0) is 18.7. The number of alkyl halides is 3. The van der Waals surface area contributed by atoms with Gasteiger partial charge in [-0.3, -0.25) is 9.47 Å². The molecule has 11 heteroatoms. The topological polar surface area (TPSA) is 66.0 Å². The molecule has 1 aromatic carbocycles. The molecule has 2 aromatic heterocycles. The number of halogens is 3. The minimum absolute atomic E-state index is 0.145. The molecule has 0 radical (unpaired) electrons. The van der Waals surface area contributed by atoms with Crippen molar-refractivity contribution in [3.63, 3.8) is 0 Å². The molecule has 0 aliphatic rings. The van der Waals surface area contributed by atoms with E-state index in [-0.39, 0.29) is 12.3 Å². The summed E-state index contributed by atoms with van der Waals surface area (Å²) < 4.78 is 45.0. The molecular weight excluding hydrogens is 371 g/mol. The lowest BCUT2D eigenvalue weighted by Gasteiger charge is -2.10. The highest BCUT2D eigenvalue weighted by molar-refractivity contribution is 7.71. The molecule has 0 unspecified atom stereocenters. The van der Waals surface area contributed by atoms with Crippen LogP contribution in [0.3, 0.4) is 0 Å². The number of benzene rings is 1. The third kappa shape index (κ3) is 4.30. The zero-order valence-corrected chi connectivity index (χ0v) is 13.9. The van der Waals surface area contributed by atoms with E-state index in [1.807, 2.05) is 12.1 Å². The number of hydrogen-bond donors (Lipinski definition) is 1. The van der Waals surface area contributed by atoms with Gasteiger partial charge in [0, 0.05) is 18.1 Å². The second-order valence-corrected chi connectivity index (χ2v) is 5.46. The molecule has 0 atom stereocenters. The number of anilines is 1. The quantitative estimate of drug-likeness (QED) is 0.688. The molecule has 0 fully saturated rings.